The van der Waals surface area contributed by atoms with Gasteiger partial charge in [-0.25, -0.2) is 9.13 Å². The minimum absolute atomic E-state index is 0.103. The Morgan fingerprint density at radius 1 is 0.550 bits per heavy atom. The molecule has 0 heterocycles. The number of aliphatic hydroxyl groups is 2. The maximum atomic E-state index is 12.7. The molecule has 0 aromatic heterocycles. The van der Waals surface area contributed by atoms with E-state index in [1.165, 1.54) is 38.5 Å². The van der Waals surface area contributed by atoms with Gasteiger partial charge in [-0.1, -0.05) is 132 Å². The Labute approximate surface area is 359 Å². The van der Waals surface area contributed by atoms with Crippen LogP contribution in [0.5, 0.6) is 0 Å². The van der Waals surface area contributed by atoms with E-state index in [1.54, 1.807) is 12.2 Å². The van der Waals surface area contributed by atoms with E-state index in [1.807, 2.05) is 12.2 Å². The van der Waals surface area contributed by atoms with Crippen molar-refractivity contribution < 1.29 is 66.7 Å². The van der Waals surface area contributed by atoms with E-state index in [-0.39, 0.29) is 25.7 Å². The summed E-state index contributed by atoms with van der Waals surface area (Å²) in [6, 6.07) is 0. The van der Waals surface area contributed by atoms with Crippen LogP contribution in [0.15, 0.2) is 72.9 Å². The molecule has 0 aliphatic carbocycles. The molecule has 346 valence electrons. The van der Waals surface area contributed by atoms with Gasteiger partial charge in [-0.3, -0.25) is 23.2 Å². The summed E-state index contributed by atoms with van der Waals surface area (Å²) < 4.78 is 47.6. The highest BCUT2D eigenvalue weighted by molar-refractivity contribution is 7.47. The van der Waals surface area contributed by atoms with Gasteiger partial charge in [-0.15, -0.1) is 0 Å². The minimum atomic E-state index is -4.89. The third kappa shape index (κ3) is 42.2. The first-order chi connectivity index (χ1) is 28.8. The van der Waals surface area contributed by atoms with Crippen molar-refractivity contribution in [2.45, 2.75) is 167 Å². The molecule has 60 heavy (non-hydrogen) atoms. The molecule has 0 bridgehead atoms. The zero-order chi connectivity index (χ0) is 44.6. The van der Waals surface area contributed by atoms with Gasteiger partial charge >= 0.3 is 27.6 Å². The molecule has 0 aromatic carbocycles. The van der Waals surface area contributed by atoms with Gasteiger partial charge in [0.1, 0.15) is 12.7 Å². The van der Waals surface area contributed by atoms with Crippen LogP contribution < -0.4 is 0 Å². The van der Waals surface area contributed by atoms with Gasteiger partial charge in [0.05, 0.1) is 25.9 Å². The normalized spacial score (nSPS) is 15.2. The van der Waals surface area contributed by atoms with Gasteiger partial charge < -0.3 is 34.4 Å². The second-order valence-electron chi connectivity index (χ2n) is 14.5. The van der Waals surface area contributed by atoms with Crippen molar-refractivity contribution in [1.29, 1.82) is 0 Å². The summed E-state index contributed by atoms with van der Waals surface area (Å²) in [4.78, 5) is 52.7. The summed E-state index contributed by atoms with van der Waals surface area (Å²) in [5.41, 5.74) is 0. The summed E-state index contributed by atoms with van der Waals surface area (Å²) in [6.07, 6.45) is 39.2. The molecule has 0 aliphatic heterocycles. The molecule has 1 unspecified atom stereocenters. The molecular weight excluding hydrogens is 814 g/mol. The number of carbonyl (C=O) groups is 2. The molecule has 0 saturated carbocycles. The van der Waals surface area contributed by atoms with Gasteiger partial charge in [0.2, 0.25) is 0 Å². The number of carbonyl (C=O) groups excluding carboxylic acids is 2. The second-order valence-corrected chi connectivity index (χ2v) is 17.2. The first-order valence-corrected chi connectivity index (χ1v) is 24.8. The average Bonchev–Trinajstić information content (AvgIpc) is 3.20. The van der Waals surface area contributed by atoms with E-state index in [2.05, 4.69) is 71.5 Å². The quantitative estimate of drug-likeness (QED) is 0.0127. The maximum Gasteiger partial charge on any atom is 0.472 e. The van der Waals surface area contributed by atoms with Gasteiger partial charge in [-0.2, -0.15) is 0 Å². The Morgan fingerprint density at radius 3 is 1.65 bits per heavy atom. The molecule has 0 aliphatic rings. The van der Waals surface area contributed by atoms with Gasteiger partial charge in [-0.05, 0) is 77.0 Å². The fraction of sp³-hybridized carbons (Fsp3) is 0.682. The van der Waals surface area contributed by atoms with Crippen LogP contribution in [0, 0.1) is 0 Å². The van der Waals surface area contributed by atoms with E-state index in [4.69, 9.17) is 23.8 Å². The summed E-state index contributed by atoms with van der Waals surface area (Å²) in [6.45, 7) is 1.45. The lowest BCUT2D eigenvalue weighted by molar-refractivity contribution is -0.161. The van der Waals surface area contributed by atoms with Crippen molar-refractivity contribution in [1.82, 2.24) is 0 Å². The Bertz CT molecular complexity index is 1350. The molecule has 5 N–H and O–H groups in total. The van der Waals surface area contributed by atoms with Crippen molar-refractivity contribution >= 4 is 27.6 Å². The summed E-state index contributed by atoms with van der Waals surface area (Å²) in [7, 11) is -9.75. The topological polar surface area (TPSA) is 216 Å². The molecule has 16 heteroatoms. The van der Waals surface area contributed by atoms with E-state index >= 15 is 0 Å². The van der Waals surface area contributed by atoms with Crippen LogP contribution >= 0.6 is 15.6 Å². The Balaban J connectivity index is 4.76. The zero-order valence-corrected chi connectivity index (χ0v) is 37.9. The van der Waals surface area contributed by atoms with Crippen molar-refractivity contribution in [3.8, 4) is 0 Å². The highest BCUT2D eigenvalue weighted by Gasteiger charge is 2.28. The van der Waals surface area contributed by atoms with Crippen LogP contribution in [0.3, 0.4) is 0 Å². The Kier molecular flexibility index (Phi) is 37.7. The summed E-state index contributed by atoms with van der Waals surface area (Å²) >= 11 is 0. The van der Waals surface area contributed by atoms with Crippen molar-refractivity contribution in [3.05, 3.63) is 72.9 Å². The molecule has 0 radical (unpaired) electrons. The highest BCUT2D eigenvalue weighted by Crippen LogP contribution is 2.43. The fourth-order valence-corrected chi connectivity index (χ4v) is 6.46. The number of unbranched alkanes of at least 4 members (excludes halogenated alkanes) is 11. The Morgan fingerprint density at radius 2 is 1.05 bits per heavy atom. The van der Waals surface area contributed by atoms with Crippen LogP contribution in [-0.2, 0) is 41.8 Å². The molecule has 0 amide bonds. The fourth-order valence-electron chi connectivity index (χ4n) is 5.30. The lowest BCUT2D eigenvalue weighted by Gasteiger charge is -2.20. The van der Waals surface area contributed by atoms with Gasteiger partial charge in [0.25, 0.3) is 0 Å². The van der Waals surface area contributed by atoms with Crippen LogP contribution in [-0.4, -0.2) is 81.6 Å². The molecule has 0 aromatic rings. The number of aliphatic hydroxyl groups excluding tert-OH is 2. The lowest BCUT2D eigenvalue weighted by atomic mass is 10.1. The molecule has 14 nitrogen and oxygen atoms in total. The standard InChI is InChI=1S/C44H76O14P2/c1-3-5-7-9-11-13-15-17-18-20-22-24-26-28-30-34-43(47)54-38-42(39-57-60(52,53)56-37-41(46)36-55-59(49,50)51)58-44(48)35-31-33-40(45)32-29-27-25-23-21-19-16-14-12-10-8-6-4-2/h11-14,17-19,21,25,27,29,32,40-42,45-46H,3-10,15-16,20,22-24,26,28,30-31,33-39H2,1-2H3,(H,52,53)(H2,49,50,51)/b13-11-,14-12-,18-17-,21-19-,27-25-,32-29+/t40-,41-,42+/m0/s1. The van der Waals surface area contributed by atoms with Crippen LogP contribution in [0.4, 0.5) is 0 Å². The number of hydrogen-bond donors (Lipinski definition) is 5. The van der Waals surface area contributed by atoms with Gasteiger partial charge in [0.15, 0.2) is 6.10 Å². The summed E-state index contributed by atoms with van der Waals surface area (Å²) in [5.74, 6) is -1.26. The van der Waals surface area contributed by atoms with Crippen molar-refractivity contribution in [3.63, 3.8) is 0 Å². The first kappa shape index (κ1) is 57.5. The monoisotopic (exact) mass is 890 g/mol. The number of ether oxygens (including phenoxy) is 2. The predicted molar refractivity (Wildman–Crippen MR) is 236 cm³/mol. The van der Waals surface area contributed by atoms with Crippen LogP contribution in [0.25, 0.3) is 0 Å². The number of rotatable bonds is 40. The molecule has 4 atom stereocenters. The largest absolute Gasteiger partial charge is 0.472 e. The van der Waals surface area contributed by atoms with E-state index < -0.39 is 72.3 Å². The van der Waals surface area contributed by atoms with Crippen LogP contribution in [0.1, 0.15) is 149 Å². The van der Waals surface area contributed by atoms with Crippen LogP contribution in [0.2, 0.25) is 0 Å². The van der Waals surface area contributed by atoms with E-state index in [9.17, 15) is 33.8 Å². The molecule has 0 rings (SSSR count). The number of hydrogen-bond acceptors (Lipinski definition) is 11. The van der Waals surface area contributed by atoms with E-state index in [0.29, 0.717) is 6.42 Å². The zero-order valence-electron chi connectivity index (χ0n) is 36.1. The minimum Gasteiger partial charge on any atom is -0.462 e. The van der Waals surface area contributed by atoms with Gasteiger partial charge in [0, 0.05) is 12.8 Å². The average molecular weight is 891 g/mol. The number of allylic oxidation sites excluding steroid dienone is 11. The molecule has 0 saturated heterocycles. The van der Waals surface area contributed by atoms with E-state index in [0.717, 1.165) is 64.2 Å². The second kappa shape index (κ2) is 39.4. The summed E-state index contributed by atoms with van der Waals surface area (Å²) in [5, 5.41) is 20.0. The number of phosphoric ester groups is 2. The molecule has 0 spiro atoms. The van der Waals surface area contributed by atoms with Crippen molar-refractivity contribution in [2.75, 3.05) is 26.4 Å². The first-order valence-electron chi connectivity index (χ1n) is 21.7. The third-order valence-electron chi connectivity index (χ3n) is 8.66. The maximum absolute atomic E-state index is 12.7. The molecule has 0 fully saturated rings. The number of phosphoric acid groups is 2. The smallest absolute Gasteiger partial charge is 0.462 e. The predicted octanol–water partition coefficient (Wildman–Crippen LogP) is 9.98. The molecular formula is C44H76O14P2. The SMILES string of the molecule is CCCCC/C=C\C/C=C\C/C=C\C=C\[C@H](O)CCCC(=O)O[C@H](COC(=O)CCCCCCC/C=C\C/C=C\CCCCC)COP(=O)(O)OC[C@@H](O)COP(=O)(O)O. The Hall–Kier alpha value is -2.48. The number of esters is 2. The lowest BCUT2D eigenvalue weighted by Crippen LogP contribution is -2.30. The van der Waals surface area contributed by atoms with Crippen molar-refractivity contribution in [2.24, 2.45) is 0 Å². The third-order valence-corrected chi connectivity index (χ3v) is 10.1. The highest BCUT2D eigenvalue weighted by atomic mass is 31.2.